The first-order valence-corrected chi connectivity index (χ1v) is 10.4. The Labute approximate surface area is 156 Å². The van der Waals surface area contributed by atoms with Crippen LogP contribution in [0, 0.1) is 23.7 Å². The summed E-state index contributed by atoms with van der Waals surface area (Å²) >= 11 is 0. The summed E-state index contributed by atoms with van der Waals surface area (Å²) in [6.07, 6.45) is 14.9. The van der Waals surface area contributed by atoms with Crippen molar-refractivity contribution in [1.82, 2.24) is 4.98 Å². The molecule has 3 nitrogen and oxygen atoms in total. The van der Waals surface area contributed by atoms with Gasteiger partial charge in [-0.15, -0.1) is 0 Å². The molecule has 1 aromatic rings. The SMILES string of the molecule is CC1=C=Cc2cc(OCC3CC3)ncc2C([C@@H]2C[C@@H]3CCCC2CC3)=N1. The lowest BCUT2D eigenvalue weighted by molar-refractivity contribution is 0.258. The summed E-state index contributed by atoms with van der Waals surface area (Å²) in [6.45, 7) is 2.87. The highest BCUT2D eigenvalue weighted by Gasteiger charge is 2.37. The molecular weight excluding hydrogens is 320 g/mol. The lowest BCUT2D eigenvalue weighted by atomic mass is 9.72. The molecule has 2 bridgehead atoms. The van der Waals surface area contributed by atoms with E-state index >= 15 is 0 Å². The zero-order valence-electron chi connectivity index (χ0n) is 15.7. The molecule has 4 saturated carbocycles. The number of aliphatic imine (C=N–C) groups is 1. The highest BCUT2D eigenvalue weighted by atomic mass is 16.5. The Kier molecular flexibility index (Phi) is 4.21. The number of allylic oxidation sites excluding steroid dienone is 1. The quantitative estimate of drug-likeness (QED) is 0.682. The van der Waals surface area contributed by atoms with Crippen molar-refractivity contribution in [2.75, 3.05) is 6.61 Å². The fraction of sp³-hybridized carbons (Fsp3) is 0.609. The van der Waals surface area contributed by atoms with Crippen LogP contribution in [0.25, 0.3) is 6.08 Å². The van der Waals surface area contributed by atoms with Crippen LogP contribution in [0.1, 0.15) is 69.4 Å². The van der Waals surface area contributed by atoms with Crippen LogP contribution in [0.5, 0.6) is 5.88 Å². The number of fused-ring (bicyclic) bond motifs is 5. The van der Waals surface area contributed by atoms with Gasteiger partial charge in [0.15, 0.2) is 0 Å². The first kappa shape index (κ1) is 16.3. The standard InChI is InChI=1S/C23H28N2O/c1-15-5-9-19-12-22(26-14-17-6-7-17)24-13-21(19)23(25-15)20-11-16-3-2-4-18(20)10-8-16/h9,12-13,16-18,20H,2-4,6-8,10-11,14H2,1H3/t16-,18?,20-/m1/s1. The Morgan fingerprint density at radius 1 is 1.15 bits per heavy atom. The van der Waals surface area contributed by atoms with Gasteiger partial charge >= 0.3 is 0 Å². The topological polar surface area (TPSA) is 34.5 Å². The Hall–Kier alpha value is -1.86. The number of aromatic nitrogens is 1. The number of nitrogens with zero attached hydrogens (tertiary/aromatic N) is 2. The van der Waals surface area contributed by atoms with Crippen LogP contribution >= 0.6 is 0 Å². The van der Waals surface area contributed by atoms with Crippen LogP contribution in [0.15, 0.2) is 28.7 Å². The Balaban J connectivity index is 1.48. The van der Waals surface area contributed by atoms with Crippen molar-refractivity contribution >= 4 is 11.8 Å². The predicted octanol–water partition coefficient (Wildman–Crippen LogP) is 5.41. The molecule has 26 heavy (non-hydrogen) atoms. The monoisotopic (exact) mass is 348 g/mol. The summed E-state index contributed by atoms with van der Waals surface area (Å²) in [7, 11) is 0. The third-order valence-electron chi connectivity index (χ3n) is 6.72. The van der Waals surface area contributed by atoms with Crippen LogP contribution in [0.3, 0.4) is 0 Å². The van der Waals surface area contributed by atoms with Crippen LogP contribution in [-0.2, 0) is 0 Å². The highest BCUT2D eigenvalue weighted by Crippen LogP contribution is 2.45. The van der Waals surface area contributed by atoms with E-state index in [9.17, 15) is 0 Å². The second kappa shape index (κ2) is 6.70. The van der Waals surface area contributed by atoms with E-state index in [1.165, 1.54) is 68.2 Å². The van der Waals surface area contributed by atoms with Gasteiger partial charge in [-0.05, 0) is 68.4 Å². The molecule has 1 aromatic heterocycles. The second-order valence-electron chi connectivity index (χ2n) is 8.71. The largest absolute Gasteiger partial charge is 0.477 e. The van der Waals surface area contributed by atoms with E-state index in [0.29, 0.717) is 5.92 Å². The van der Waals surface area contributed by atoms with E-state index in [2.05, 4.69) is 29.8 Å². The number of pyridine rings is 1. The normalized spacial score (nSPS) is 30.1. The van der Waals surface area contributed by atoms with Gasteiger partial charge in [0, 0.05) is 23.7 Å². The van der Waals surface area contributed by atoms with Gasteiger partial charge in [-0.3, -0.25) is 0 Å². The second-order valence-corrected chi connectivity index (χ2v) is 8.71. The molecule has 4 aliphatic carbocycles. The Morgan fingerprint density at radius 2 is 2.08 bits per heavy atom. The van der Waals surface area contributed by atoms with E-state index in [0.717, 1.165) is 35.9 Å². The predicted molar refractivity (Wildman–Crippen MR) is 104 cm³/mol. The summed E-state index contributed by atoms with van der Waals surface area (Å²) in [5, 5.41) is 0. The molecule has 2 heterocycles. The third-order valence-corrected chi connectivity index (χ3v) is 6.72. The van der Waals surface area contributed by atoms with Gasteiger partial charge in [0.1, 0.15) is 0 Å². The lowest BCUT2D eigenvalue weighted by Gasteiger charge is -2.34. The molecule has 6 rings (SSSR count). The number of rotatable bonds is 4. The van der Waals surface area contributed by atoms with Gasteiger partial charge in [0.2, 0.25) is 5.88 Å². The van der Waals surface area contributed by atoms with Gasteiger partial charge in [0.25, 0.3) is 0 Å². The maximum Gasteiger partial charge on any atom is 0.213 e. The van der Waals surface area contributed by atoms with E-state index in [-0.39, 0.29) is 0 Å². The van der Waals surface area contributed by atoms with Crippen molar-refractivity contribution in [1.29, 1.82) is 0 Å². The summed E-state index contributed by atoms with van der Waals surface area (Å²) in [6, 6.07) is 2.09. The molecule has 1 unspecified atom stereocenters. The Morgan fingerprint density at radius 3 is 2.96 bits per heavy atom. The van der Waals surface area contributed by atoms with Crippen molar-refractivity contribution in [2.24, 2.45) is 28.7 Å². The zero-order chi connectivity index (χ0) is 17.5. The van der Waals surface area contributed by atoms with E-state index in [1.807, 2.05) is 6.20 Å². The van der Waals surface area contributed by atoms with Gasteiger partial charge in [-0.25, -0.2) is 9.98 Å². The molecule has 4 fully saturated rings. The minimum Gasteiger partial charge on any atom is -0.477 e. The van der Waals surface area contributed by atoms with E-state index in [1.54, 1.807) is 0 Å². The van der Waals surface area contributed by atoms with E-state index in [4.69, 9.17) is 9.73 Å². The van der Waals surface area contributed by atoms with Crippen molar-refractivity contribution in [3.8, 4) is 5.88 Å². The van der Waals surface area contributed by atoms with Crippen molar-refractivity contribution in [2.45, 2.75) is 58.3 Å². The summed E-state index contributed by atoms with van der Waals surface area (Å²) in [5.74, 6) is 3.75. The molecule has 5 aliphatic rings. The Bertz CT molecular complexity index is 794. The van der Waals surface area contributed by atoms with Gasteiger partial charge in [-0.1, -0.05) is 25.0 Å². The fourth-order valence-corrected chi connectivity index (χ4v) is 5.02. The zero-order valence-corrected chi connectivity index (χ0v) is 15.7. The minimum atomic E-state index is 0.582. The first-order chi connectivity index (χ1) is 12.8. The molecule has 0 aromatic carbocycles. The maximum absolute atomic E-state index is 5.91. The number of ether oxygens (including phenoxy) is 1. The van der Waals surface area contributed by atoms with Crippen LogP contribution in [-0.4, -0.2) is 17.3 Å². The summed E-state index contributed by atoms with van der Waals surface area (Å²) in [4.78, 5) is 9.65. The molecule has 136 valence electrons. The summed E-state index contributed by atoms with van der Waals surface area (Å²) < 4.78 is 5.91. The van der Waals surface area contributed by atoms with Crippen molar-refractivity contribution in [3.63, 3.8) is 0 Å². The molecule has 0 radical (unpaired) electrons. The smallest absolute Gasteiger partial charge is 0.213 e. The molecule has 3 atom stereocenters. The van der Waals surface area contributed by atoms with Crippen LogP contribution in [0.2, 0.25) is 0 Å². The molecule has 0 spiro atoms. The van der Waals surface area contributed by atoms with Gasteiger partial charge < -0.3 is 4.74 Å². The average molecular weight is 348 g/mol. The molecular formula is C23H28N2O. The lowest BCUT2D eigenvalue weighted by Crippen LogP contribution is -2.30. The third kappa shape index (κ3) is 3.25. The van der Waals surface area contributed by atoms with Crippen LogP contribution < -0.4 is 4.74 Å². The fourth-order valence-electron chi connectivity index (χ4n) is 5.02. The first-order valence-electron chi connectivity index (χ1n) is 10.4. The van der Waals surface area contributed by atoms with Crippen molar-refractivity contribution in [3.05, 3.63) is 34.8 Å². The highest BCUT2D eigenvalue weighted by molar-refractivity contribution is 6.06. The minimum absolute atomic E-state index is 0.582. The molecule has 1 aliphatic heterocycles. The maximum atomic E-state index is 5.91. The van der Waals surface area contributed by atoms with Crippen LogP contribution in [0.4, 0.5) is 0 Å². The average Bonchev–Trinajstić information content (AvgIpc) is 3.50. The van der Waals surface area contributed by atoms with Crippen molar-refractivity contribution < 1.29 is 4.74 Å². The molecule has 3 heteroatoms. The number of hydrogen-bond acceptors (Lipinski definition) is 3. The summed E-state index contributed by atoms with van der Waals surface area (Å²) in [5.41, 5.74) is 7.97. The van der Waals surface area contributed by atoms with E-state index < -0.39 is 0 Å². The molecule has 0 amide bonds. The molecule has 0 N–H and O–H groups in total. The van der Waals surface area contributed by atoms with Gasteiger partial charge in [0.05, 0.1) is 18.0 Å². The molecule has 0 saturated heterocycles. The van der Waals surface area contributed by atoms with Gasteiger partial charge in [-0.2, -0.15) is 0 Å². The number of hydrogen-bond donors (Lipinski definition) is 0.